The van der Waals surface area contributed by atoms with Crippen LogP contribution < -0.4 is 22.6 Å². The Hall–Kier alpha value is -0.840. The molecular weight excluding hydrogens is 285 g/mol. The van der Waals surface area contributed by atoms with Gasteiger partial charge >= 0.3 is 0 Å². The number of aromatic nitrogens is 1. The van der Waals surface area contributed by atoms with Crippen LogP contribution in [-0.2, 0) is 0 Å². The van der Waals surface area contributed by atoms with Crippen molar-refractivity contribution in [2.45, 2.75) is 18.9 Å². The zero-order chi connectivity index (χ0) is 12.5. The summed E-state index contributed by atoms with van der Waals surface area (Å²) in [5.41, 5.74) is 0.589. The highest BCUT2D eigenvalue weighted by atomic mass is 35.5. The van der Waals surface area contributed by atoms with Gasteiger partial charge in [-0.15, -0.1) is 0 Å². The molecule has 1 atom stereocenters. The fourth-order valence-electron chi connectivity index (χ4n) is 3.06. The number of hydrogen-bond donors (Lipinski definition) is 2. The number of carbonyl (C=O) groups is 1. The van der Waals surface area contributed by atoms with Gasteiger partial charge in [0.05, 0.1) is 31.2 Å². The fraction of sp³-hybridized carbons (Fsp3) is 0.538. The lowest BCUT2D eigenvalue weighted by molar-refractivity contribution is -0.917. The number of nitrogens with one attached hydrogen (secondary N) is 2. The summed E-state index contributed by atoms with van der Waals surface area (Å²) in [5, 5.41) is 3.56. The normalized spacial score (nSPS) is 28.6. The van der Waals surface area contributed by atoms with E-state index in [-0.39, 0.29) is 18.3 Å². The van der Waals surface area contributed by atoms with Crippen LogP contribution in [0.2, 0.25) is 5.15 Å². The average Bonchev–Trinajstić information content (AvgIpc) is 2.41. The molecule has 3 saturated heterocycles. The fourth-order valence-corrected chi connectivity index (χ4v) is 3.18. The summed E-state index contributed by atoms with van der Waals surface area (Å²) in [4.78, 5) is 17.7. The first-order valence-corrected chi connectivity index (χ1v) is 6.86. The zero-order valence-electron chi connectivity index (χ0n) is 10.5. The second kappa shape index (κ2) is 6.07. The van der Waals surface area contributed by atoms with Crippen LogP contribution in [0, 0.1) is 5.92 Å². The molecule has 1 unspecified atom stereocenters. The second-order valence-corrected chi connectivity index (χ2v) is 5.63. The van der Waals surface area contributed by atoms with Gasteiger partial charge in [0.25, 0.3) is 5.91 Å². The maximum Gasteiger partial charge on any atom is 0.253 e. The summed E-state index contributed by atoms with van der Waals surface area (Å²) >= 11 is 5.71. The summed E-state index contributed by atoms with van der Waals surface area (Å²) in [6.45, 7) is 3.59. The van der Waals surface area contributed by atoms with Crippen molar-refractivity contribution in [3.05, 3.63) is 29.0 Å². The topological polar surface area (TPSA) is 46.4 Å². The maximum absolute atomic E-state index is 12.1. The van der Waals surface area contributed by atoms with Gasteiger partial charge in [-0.05, 0) is 18.1 Å². The van der Waals surface area contributed by atoms with Gasteiger partial charge in [0, 0.05) is 19.0 Å². The smallest absolute Gasteiger partial charge is 0.253 e. The number of hydrogen-bond acceptors (Lipinski definition) is 2. The van der Waals surface area contributed by atoms with Crippen molar-refractivity contribution in [1.29, 1.82) is 0 Å². The standard InChI is InChI=1S/C13H16ClN3O.ClH/c14-12-2-1-10(7-15-12)13(18)16-11-8-17-5-3-9(11)4-6-17;/h1-2,7,9,11H,3-6,8H2,(H,16,18);1H. The molecule has 3 aliphatic heterocycles. The zero-order valence-corrected chi connectivity index (χ0v) is 12.0. The van der Waals surface area contributed by atoms with E-state index in [1.807, 2.05) is 0 Å². The first-order chi connectivity index (χ1) is 8.72. The summed E-state index contributed by atoms with van der Waals surface area (Å²) in [6, 6.07) is 3.70. The predicted molar refractivity (Wildman–Crippen MR) is 68.8 cm³/mol. The SMILES string of the molecule is O=C(NC1C[NH+]2CCC1CC2)c1ccc(Cl)nc1.[Cl-]. The highest BCUT2D eigenvalue weighted by Gasteiger charge is 2.38. The lowest BCUT2D eigenvalue weighted by Crippen LogP contribution is -3.17. The maximum atomic E-state index is 12.1. The number of piperidine rings is 3. The molecule has 4 nitrogen and oxygen atoms in total. The Morgan fingerprint density at radius 1 is 1.37 bits per heavy atom. The van der Waals surface area contributed by atoms with Crippen molar-refractivity contribution < 1.29 is 22.1 Å². The Morgan fingerprint density at radius 3 is 2.63 bits per heavy atom. The number of quaternary nitrogens is 1. The van der Waals surface area contributed by atoms with Crippen LogP contribution in [-0.4, -0.2) is 36.6 Å². The van der Waals surface area contributed by atoms with Crippen LogP contribution in [0.4, 0.5) is 0 Å². The summed E-state index contributed by atoms with van der Waals surface area (Å²) in [6.07, 6.45) is 4.00. The predicted octanol–water partition coefficient (Wildman–Crippen LogP) is -2.85. The average molecular weight is 302 g/mol. The molecule has 0 aromatic carbocycles. The molecule has 2 N–H and O–H groups in total. The number of fused-ring (bicyclic) bond motifs is 3. The highest BCUT2D eigenvalue weighted by molar-refractivity contribution is 6.29. The van der Waals surface area contributed by atoms with Crippen LogP contribution in [0.15, 0.2) is 18.3 Å². The van der Waals surface area contributed by atoms with E-state index >= 15 is 0 Å². The molecule has 3 fully saturated rings. The van der Waals surface area contributed by atoms with Crippen LogP contribution in [0.1, 0.15) is 23.2 Å². The van der Waals surface area contributed by atoms with Crippen molar-refractivity contribution in [2.75, 3.05) is 19.6 Å². The van der Waals surface area contributed by atoms with E-state index in [1.54, 1.807) is 17.0 Å². The number of rotatable bonds is 2. The van der Waals surface area contributed by atoms with Gasteiger partial charge in [-0.25, -0.2) is 4.98 Å². The molecule has 0 radical (unpaired) electrons. The molecule has 104 valence electrons. The van der Waals surface area contributed by atoms with Crippen molar-refractivity contribution in [2.24, 2.45) is 5.92 Å². The van der Waals surface area contributed by atoms with Crippen LogP contribution >= 0.6 is 11.6 Å². The van der Waals surface area contributed by atoms with Gasteiger partial charge in [-0.2, -0.15) is 0 Å². The van der Waals surface area contributed by atoms with Crippen molar-refractivity contribution >= 4 is 17.5 Å². The van der Waals surface area contributed by atoms with Crippen molar-refractivity contribution in [3.8, 4) is 0 Å². The van der Waals surface area contributed by atoms with Crippen LogP contribution in [0.5, 0.6) is 0 Å². The molecule has 1 aromatic heterocycles. The van der Waals surface area contributed by atoms with Gasteiger partial charge in [-0.3, -0.25) is 4.79 Å². The third kappa shape index (κ3) is 3.19. The number of amides is 1. The molecule has 2 bridgehead atoms. The summed E-state index contributed by atoms with van der Waals surface area (Å²) in [7, 11) is 0. The molecule has 19 heavy (non-hydrogen) atoms. The molecule has 4 rings (SSSR count). The number of pyridine rings is 1. The molecule has 4 heterocycles. The Morgan fingerprint density at radius 2 is 2.11 bits per heavy atom. The third-order valence-corrected chi connectivity index (χ3v) is 4.34. The first kappa shape index (κ1) is 14.6. The second-order valence-electron chi connectivity index (χ2n) is 5.24. The monoisotopic (exact) mass is 301 g/mol. The van der Waals surface area contributed by atoms with Gasteiger partial charge in [0.1, 0.15) is 5.15 Å². The lowest BCUT2D eigenvalue weighted by Gasteiger charge is -2.42. The van der Waals surface area contributed by atoms with Gasteiger partial charge in [0.15, 0.2) is 0 Å². The Bertz CT molecular complexity index is 444. The first-order valence-electron chi connectivity index (χ1n) is 6.48. The lowest BCUT2D eigenvalue weighted by atomic mass is 9.84. The number of halogens is 2. The molecular formula is C13H17Cl2N3O. The van der Waals surface area contributed by atoms with Gasteiger partial charge in [-0.1, -0.05) is 11.6 Å². The summed E-state index contributed by atoms with van der Waals surface area (Å²) < 4.78 is 0. The minimum Gasteiger partial charge on any atom is -1.00 e. The van der Waals surface area contributed by atoms with E-state index in [0.717, 1.165) is 6.54 Å². The van der Waals surface area contributed by atoms with E-state index in [2.05, 4.69) is 10.3 Å². The molecule has 0 saturated carbocycles. The van der Waals surface area contributed by atoms with Crippen LogP contribution in [0.3, 0.4) is 0 Å². The Kier molecular flexibility index (Phi) is 4.66. The van der Waals surface area contributed by atoms with Crippen LogP contribution in [0.25, 0.3) is 0 Å². The quantitative estimate of drug-likeness (QED) is 0.578. The minimum atomic E-state index is -0.0303. The molecule has 3 aliphatic rings. The van der Waals surface area contributed by atoms with E-state index in [4.69, 9.17) is 11.6 Å². The third-order valence-electron chi connectivity index (χ3n) is 4.12. The van der Waals surface area contributed by atoms with E-state index in [1.165, 1.54) is 32.1 Å². The number of carbonyl (C=O) groups excluding carboxylic acids is 1. The molecule has 6 heteroatoms. The van der Waals surface area contributed by atoms with Gasteiger partial charge in [0.2, 0.25) is 0 Å². The highest BCUT2D eigenvalue weighted by Crippen LogP contribution is 2.18. The molecule has 1 aromatic rings. The number of nitrogens with zero attached hydrogens (tertiary/aromatic N) is 1. The van der Waals surface area contributed by atoms with Gasteiger partial charge < -0.3 is 22.6 Å². The van der Waals surface area contributed by atoms with E-state index in [9.17, 15) is 4.79 Å². The minimum absolute atomic E-state index is 0. The van der Waals surface area contributed by atoms with Crippen molar-refractivity contribution in [3.63, 3.8) is 0 Å². The Balaban J connectivity index is 0.00000133. The Labute approximate surface area is 123 Å². The summed E-state index contributed by atoms with van der Waals surface area (Å²) in [5.74, 6) is 0.629. The van der Waals surface area contributed by atoms with E-state index in [0.29, 0.717) is 22.7 Å². The van der Waals surface area contributed by atoms with Crippen molar-refractivity contribution in [1.82, 2.24) is 10.3 Å². The molecule has 0 spiro atoms. The molecule has 1 amide bonds. The molecule has 0 aliphatic carbocycles. The van der Waals surface area contributed by atoms with E-state index < -0.39 is 0 Å². The largest absolute Gasteiger partial charge is 1.00 e.